The summed E-state index contributed by atoms with van der Waals surface area (Å²) >= 11 is 0. The zero-order valence-electron chi connectivity index (χ0n) is 18.2. The lowest BCUT2D eigenvalue weighted by atomic mass is 9.82. The van der Waals surface area contributed by atoms with Gasteiger partial charge in [-0.1, -0.05) is 13.8 Å². The van der Waals surface area contributed by atoms with Crippen LogP contribution in [0.5, 0.6) is 0 Å². The van der Waals surface area contributed by atoms with Crippen LogP contribution >= 0.6 is 0 Å². The third-order valence-corrected chi connectivity index (χ3v) is 5.35. The summed E-state index contributed by atoms with van der Waals surface area (Å²) in [5.41, 5.74) is 1.13. The Morgan fingerprint density at radius 3 is 2.66 bits per heavy atom. The minimum absolute atomic E-state index is 0.133. The van der Waals surface area contributed by atoms with E-state index in [4.69, 9.17) is 4.74 Å². The van der Waals surface area contributed by atoms with E-state index in [1.165, 1.54) is 11.1 Å². The van der Waals surface area contributed by atoms with Crippen molar-refractivity contribution >= 4 is 28.5 Å². The van der Waals surface area contributed by atoms with Gasteiger partial charge in [-0.3, -0.25) is 4.79 Å². The first-order chi connectivity index (χ1) is 15.1. The number of halogens is 2. The van der Waals surface area contributed by atoms with Crippen LogP contribution in [-0.4, -0.2) is 39.4 Å². The second-order valence-electron chi connectivity index (χ2n) is 8.71. The van der Waals surface area contributed by atoms with Gasteiger partial charge in [-0.05, 0) is 43.7 Å². The second-order valence-corrected chi connectivity index (χ2v) is 8.71. The Bertz CT molecular complexity index is 1260. The van der Waals surface area contributed by atoms with Crippen LogP contribution in [0.15, 0.2) is 42.7 Å². The van der Waals surface area contributed by atoms with Crippen LogP contribution in [-0.2, 0) is 14.9 Å². The molecule has 1 aliphatic rings. The molecule has 0 bridgehead atoms. The number of esters is 1. The van der Waals surface area contributed by atoms with E-state index in [2.05, 4.69) is 9.97 Å². The molecule has 0 spiro atoms. The molecule has 0 unspecified atom stereocenters. The molecule has 1 amide bonds. The number of aromatic nitrogens is 2. The molecule has 6 nitrogen and oxygen atoms in total. The predicted octanol–water partition coefficient (Wildman–Crippen LogP) is 4.57. The van der Waals surface area contributed by atoms with E-state index in [-0.39, 0.29) is 23.8 Å². The lowest BCUT2D eigenvalue weighted by Gasteiger charge is -2.29. The van der Waals surface area contributed by atoms with Gasteiger partial charge >= 0.3 is 5.97 Å². The molecule has 3 heterocycles. The summed E-state index contributed by atoms with van der Waals surface area (Å²) in [6.45, 7) is 7.46. The minimum Gasteiger partial charge on any atom is -0.459 e. The van der Waals surface area contributed by atoms with Crippen LogP contribution in [0.4, 0.5) is 8.78 Å². The van der Waals surface area contributed by atoms with E-state index in [0.717, 1.165) is 23.1 Å². The number of fused-ring (bicyclic) bond motifs is 3. The molecule has 32 heavy (non-hydrogen) atoms. The lowest BCUT2D eigenvalue weighted by molar-refractivity contribution is -0.140. The molecule has 1 aliphatic heterocycles. The molecule has 2 aromatic heterocycles. The van der Waals surface area contributed by atoms with Crippen molar-refractivity contribution in [3.05, 3.63) is 71.2 Å². The van der Waals surface area contributed by atoms with Gasteiger partial charge in [0.1, 0.15) is 17.3 Å². The molecule has 0 aliphatic carbocycles. The number of nitrogens with one attached hydrogen (secondary N) is 1. The number of hydrogen-bond acceptors (Lipinski definition) is 4. The van der Waals surface area contributed by atoms with Crippen molar-refractivity contribution < 1.29 is 23.1 Å². The van der Waals surface area contributed by atoms with E-state index < -0.39 is 28.9 Å². The van der Waals surface area contributed by atoms with Crippen LogP contribution < -0.4 is 0 Å². The Labute approximate surface area is 183 Å². The maximum Gasteiger partial charge on any atom is 0.342 e. The van der Waals surface area contributed by atoms with Crippen LogP contribution in [0.2, 0.25) is 0 Å². The average Bonchev–Trinajstić information content (AvgIpc) is 3.04. The van der Waals surface area contributed by atoms with E-state index in [0.29, 0.717) is 17.4 Å². The van der Waals surface area contributed by atoms with Gasteiger partial charge in [-0.15, -0.1) is 0 Å². The van der Waals surface area contributed by atoms with Crippen molar-refractivity contribution in [3.8, 4) is 0 Å². The number of nitrogens with zero attached hydrogens (tertiary/aromatic N) is 2. The van der Waals surface area contributed by atoms with E-state index in [9.17, 15) is 18.4 Å². The summed E-state index contributed by atoms with van der Waals surface area (Å²) in [7, 11) is 0. The molecule has 1 N–H and O–H groups in total. The molecule has 0 fully saturated rings. The summed E-state index contributed by atoms with van der Waals surface area (Å²) in [5.74, 6) is -3.05. The Hall–Kier alpha value is -3.55. The summed E-state index contributed by atoms with van der Waals surface area (Å²) in [6.07, 6.45) is 2.64. The number of hydrogen-bond donors (Lipinski definition) is 1. The van der Waals surface area contributed by atoms with Crippen LogP contribution in [0, 0.1) is 11.6 Å². The molecule has 166 valence electrons. The van der Waals surface area contributed by atoms with Crippen LogP contribution in [0.1, 0.15) is 49.3 Å². The second kappa shape index (κ2) is 7.85. The van der Waals surface area contributed by atoms with Crippen molar-refractivity contribution in [3.63, 3.8) is 0 Å². The lowest BCUT2D eigenvalue weighted by Crippen LogP contribution is -2.37. The summed E-state index contributed by atoms with van der Waals surface area (Å²) in [5, 5.41) is 0.818. The van der Waals surface area contributed by atoms with Gasteiger partial charge in [0.2, 0.25) is 0 Å². The average molecular weight is 439 g/mol. The number of aromatic amines is 1. The number of H-pyrrole nitrogens is 1. The largest absolute Gasteiger partial charge is 0.459 e. The van der Waals surface area contributed by atoms with Gasteiger partial charge in [0.05, 0.1) is 22.9 Å². The van der Waals surface area contributed by atoms with E-state index in [1.807, 2.05) is 19.9 Å². The van der Waals surface area contributed by atoms with Crippen molar-refractivity contribution in [1.29, 1.82) is 0 Å². The maximum absolute atomic E-state index is 14.4. The Balaban J connectivity index is 1.90. The molecule has 8 heteroatoms. The Morgan fingerprint density at radius 2 is 1.97 bits per heavy atom. The SMILES string of the molecule is CC(C)OC(=O)C1=CN(C(=O)c2ccc(F)cc2F)CC(C)(C)c2c1[nH]c1ncccc21. The zero-order chi connectivity index (χ0) is 23.2. The van der Waals surface area contributed by atoms with Crippen molar-refractivity contribution in [1.82, 2.24) is 14.9 Å². The third kappa shape index (κ3) is 3.77. The Morgan fingerprint density at radius 1 is 1.22 bits per heavy atom. The maximum atomic E-state index is 14.4. The molecule has 0 radical (unpaired) electrons. The van der Waals surface area contributed by atoms with Crippen molar-refractivity contribution in [2.24, 2.45) is 0 Å². The highest BCUT2D eigenvalue weighted by Gasteiger charge is 2.38. The van der Waals surface area contributed by atoms with Crippen LogP contribution in [0.25, 0.3) is 16.6 Å². The molecular weight excluding hydrogens is 416 g/mol. The normalized spacial score (nSPS) is 15.3. The van der Waals surface area contributed by atoms with Gasteiger partial charge in [-0.2, -0.15) is 0 Å². The fourth-order valence-electron chi connectivity index (χ4n) is 4.08. The number of carbonyl (C=O) groups excluding carboxylic acids is 2. The first-order valence-corrected chi connectivity index (χ1v) is 10.2. The first-order valence-electron chi connectivity index (χ1n) is 10.2. The van der Waals surface area contributed by atoms with E-state index in [1.54, 1.807) is 26.1 Å². The summed E-state index contributed by atoms with van der Waals surface area (Å²) in [6, 6.07) is 6.48. The number of amides is 1. The molecule has 0 atom stereocenters. The van der Waals surface area contributed by atoms with Crippen LogP contribution in [0.3, 0.4) is 0 Å². The third-order valence-electron chi connectivity index (χ3n) is 5.35. The Kier molecular flexibility index (Phi) is 5.32. The van der Waals surface area contributed by atoms with E-state index >= 15 is 0 Å². The number of pyridine rings is 1. The number of carbonyl (C=O) groups is 2. The highest BCUT2D eigenvalue weighted by Crippen LogP contribution is 2.40. The highest BCUT2D eigenvalue weighted by molar-refractivity contribution is 6.18. The molecule has 0 saturated heterocycles. The predicted molar refractivity (Wildman–Crippen MR) is 116 cm³/mol. The standard InChI is InChI=1S/C24H23F2N3O3/c1-13(2)32-23(31)17-11-29(22(30)15-8-7-14(25)10-18(15)26)12-24(3,4)19-16-6-5-9-27-21(16)28-20(17)19/h5-11,13H,12H2,1-4H3,(H,27,28). The zero-order valence-corrected chi connectivity index (χ0v) is 18.2. The fourth-order valence-corrected chi connectivity index (χ4v) is 4.08. The van der Waals surface area contributed by atoms with Crippen molar-refractivity contribution in [2.45, 2.75) is 39.2 Å². The highest BCUT2D eigenvalue weighted by atomic mass is 19.1. The van der Waals surface area contributed by atoms with Gasteiger partial charge < -0.3 is 14.6 Å². The first kappa shape index (κ1) is 21.7. The minimum atomic E-state index is -0.968. The molecule has 0 saturated carbocycles. The summed E-state index contributed by atoms with van der Waals surface area (Å²) < 4.78 is 33.2. The van der Waals surface area contributed by atoms with Gasteiger partial charge in [-0.25, -0.2) is 18.6 Å². The monoisotopic (exact) mass is 439 g/mol. The molecule has 4 rings (SSSR count). The van der Waals surface area contributed by atoms with Gasteiger partial charge in [0, 0.05) is 35.8 Å². The van der Waals surface area contributed by atoms with Gasteiger partial charge in [0.15, 0.2) is 0 Å². The summed E-state index contributed by atoms with van der Waals surface area (Å²) in [4.78, 5) is 35.1. The topological polar surface area (TPSA) is 75.3 Å². The number of benzene rings is 1. The molecular formula is C24H23F2N3O3. The molecule has 3 aromatic rings. The van der Waals surface area contributed by atoms with Gasteiger partial charge in [0.25, 0.3) is 5.91 Å². The quantitative estimate of drug-likeness (QED) is 0.607. The molecule has 1 aromatic carbocycles. The smallest absolute Gasteiger partial charge is 0.342 e. The van der Waals surface area contributed by atoms with Crippen molar-refractivity contribution in [2.75, 3.05) is 6.54 Å². The fraction of sp³-hybridized carbons (Fsp3) is 0.292. The number of ether oxygens (including phenoxy) is 1. The number of rotatable bonds is 3.